The fourth-order valence-corrected chi connectivity index (χ4v) is 1.04. The van der Waals surface area contributed by atoms with Crippen molar-refractivity contribution in [2.45, 2.75) is 13.8 Å². The summed E-state index contributed by atoms with van der Waals surface area (Å²) in [5, 5.41) is 0. The topological polar surface area (TPSA) is 12.9 Å². The number of aryl methyl sites for hydroxylation is 2. The lowest BCUT2D eigenvalue weighted by molar-refractivity contribution is 1.13. The maximum Gasteiger partial charge on any atom is 0.139 e. The van der Waals surface area contributed by atoms with Gasteiger partial charge in [0, 0.05) is 11.4 Å². The molecule has 1 heterocycles. The Balaban J connectivity index is 3.17. The van der Waals surface area contributed by atoms with Gasteiger partial charge in [-0.3, -0.25) is 4.98 Å². The second kappa shape index (κ2) is 2.22. The molecule has 1 aromatic heterocycles. The first-order valence-electron chi connectivity index (χ1n) is 3.10. The first kappa shape index (κ1) is 6.34. The Bertz CT molecular complexity index is 170. The molecule has 0 radical (unpaired) electrons. The van der Waals surface area contributed by atoms with Gasteiger partial charge in [0.25, 0.3) is 0 Å². The van der Waals surface area contributed by atoms with Crippen LogP contribution in [0.2, 0.25) is 0 Å². The average Bonchev–Trinajstić information content (AvgIpc) is 1.59. The van der Waals surface area contributed by atoms with E-state index in [0.717, 1.165) is 11.4 Å². The third kappa shape index (κ3) is 1.56. The van der Waals surface area contributed by atoms with E-state index in [9.17, 15) is 0 Å². The summed E-state index contributed by atoms with van der Waals surface area (Å²) < 4.78 is 0. The summed E-state index contributed by atoms with van der Waals surface area (Å²) in [6.07, 6.45) is 0. The second-order valence-corrected chi connectivity index (χ2v) is 2.43. The highest BCUT2D eigenvalue weighted by atomic mass is 14.7. The van der Waals surface area contributed by atoms with Gasteiger partial charge in [-0.15, -0.1) is 0 Å². The standard InChI is InChI=1S/C7H10BN/c1-5-3-7(8)4-6(2)9-5/h3-4H,8H2,1-2H3. The number of aromatic nitrogens is 1. The summed E-state index contributed by atoms with van der Waals surface area (Å²) in [7, 11) is 2.08. The molecule has 0 amide bonds. The van der Waals surface area contributed by atoms with Crippen molar-refractivity contribution >= 4 is 13.3 Å². The van der Waals surface area contributed by atoms with E-state index < -0.39 is 0 Å². The number of rotatable bonds is 0. The van der Waals surface area contributed by atoms with E-state index in [-0.39, 0.29) is 0 Å². The Hall–Kier alpha value is -0.785. The minimum absolute atomic E-state index is 1.10. The quantitative estimate of drug-likeness (QED) is 0.436. The van der Waals surface area contributed by atoms with Crippen LogP contribution in [-0.2, 0) is 0 Å². The molecule has 46 valence electrons. The van der Waals surface area contributed by atoms with Crippen molar-refractivity contribution in [1.29, 1.82) is 0 Å². The highest BCUT2D eigenvalue weighted by molar-refractivity contribution is 6.32. The van der Waals surface area contributed by atoms with Crippen LogP contribution < -0.4 is 5.46 Å². The molecule has 0 saturated carbocycles. The maximum absolute atomic E-state index is 4.23. The molecule has 0 bridgehead atoms. The van der Waals surface area contributed by atoms with Crippen molar-refractivity contribution in [1.82, 2.24) is 4.98 Å². The summed E-state index contributed by atoms with van der Waals surface area (Å²) in [6.45, 7) is 4.03. The highest BCUT2D eigenvalue weighted by Gasteiger charge is 1.88. The van der Waals surface area contributed by atoms with Crippen molar-refractivity contribution in [3.63, 3.8) is 0 Å². The molecule has 1 aromatic rings. The highest BCUT2D eigenvalue weighted by Crippen LogP contribution is 1.91. The normalized spacial score (nSPS) is 9.56. The van der Waals surface area contributed by atoms with Crippen LogP contribution in [-0.4, -0.2) is 12.8 Å². The van der Waals surface area contributed by atoms with Crippen molar-refractivity contribution in [2.24, 2.45) is 0 Å². The summed E-state index contributed by atoms with van der Waals surface area (Å²) in [5.74, 6) is 0. The van der Waals surface area contributed by atoms with E-state index in [1.54, 1.807) is 0 Å². The van der Waals surface area contributed by atoms with E-state index in [4.69, 9.17) is 0 Å². The molecule has 2 heteroatoms. The van der Waals surface area contributed by atoms with Gasteiger partial charge in [0.05, 0.1) is 0 Å². The van der Waals surface area contributed by atoms with Crippen LogP contribution in [0, 0.1) is 13.8 Å². The van der Waals surface area contributed by atoms with Crippen LogP contribution in [0.1, 0.15) is 11.4 Å². The molecule has 9 heavy (non-hydrogen) atoms. The van der Waals surface area contributed by atoms with Gasteiger partial charge in [-0.25, -0.2) is 0 Å². The molecule has 0 N–H and O–H groups in total. The predicted octanol–water partition coefficient (Wildman–Crippen LogP) is -0.0432. The van der Waals surface area contributed by atoms with Crippen LogP contribution in [0.25, 0.3) is 0 Å². The molecule has 0 aliphatic carbocycles. The monoisotopic (exact) mass is 119 g/mol. The molecular formula is C7H10BN. The van der Waals surface area contributed by atoms with Crippen molar-refractivity contribution in [3.05, 3.63) is 23.5 Å². The SMILES string of the molecule is Bc1cc(C)nc(C)c1. The number of hydrogen-bond acceptors (Lipinski definition) is 1. The first-order chi connectivity index (χ1) is 4.18. The van der Waals surface area contributed by atoms with Gasteiger partial charge in [-0.05, 0) is 26.0 Å². The lowest BCUT2D eigenvalue weighted by Crippen LogP contribution is -2.04. The molecule has 0 aliphatic rings. The number of nitrogens with zero attached hydrogens (tertiary/aromatic N) is 1. The van der Waals surface area contributed by atoms with Crippen molar-refractivity contribution in [3.8, 4) is 0 Å². The Morgan fingerprint density at radius 3 is 2.00 bits per heavy atom. The van der Waals surface area contributed by atoms with E-state index >= 15 is 0 Å². The van der Waals surface area contributed by atoms with Gasteiger partial charge in [0.1, 0.15) is 7.85 Å². The smallest absolute Gasteiger partial charge is 0.139 e. The second-order valence-electron chi connectivity index (χ2n) is 2.43. The summed E-state index contributed by atoms with van der Waals surface area (Å²) >= 11 is 0. The van der Waals surface area contributed by atoms with E-state index in [2.05, 4.69) is 25.0 Å². The molecule has 0 unspecified atom stereocenters. The van der Waals surface area contributed by atoms with Gasteiger partial charge >= 0.3 is 0 Å². The molecule has 0 spiro atoms. The predicted molar refractivity (Wildman–Crippen MR) is 41.9 cm³/mol. The Morgan fingerprint density at radius 1 is 1.22 bits per heavy atom. The maximum atomic E-state index is 4.23. The van der Waals surface area contributed by atoms with Crippen LogP contribution in [0.4, 0.5) is 0 Å². The van der Waals surface area contributed by atoms with Gasteiger partial charge in [-0.1, -0.05) is 5.46 Å². The first-order valence-corrected chi connectivity index (χ1v) is 3.10. The van der Waals surface area contributed by atoms with Crippen molar-refractivity contribution < 1.29 is 0 Å². The van der Waals surface area contributed by atoms with E-state index in [0.29, 0.717) is 0 Å². The Kier molecular flexibility index (Phi) is 1.56. The third-order valence-corrected chi connectivity index (χ3v) is 1.23. The third-order valence-electron chi connectivity index (χ3n) is 1.23. The van der Waals surface area contributed by atoms with E-state index in [1.807, 2.05) is 13.8 Å². The van der Waals surface area contributed by atoms with Crippen LogP contribution in [0.5, 0.6) is 0 Å². The molecule has 0 aliphatic heterocycles. The molecule has 0 fully saturated rings. The van der Waals surface area contributed by atoms with Crippen LogP contribution in [0.15, 0.2) is 12.1 Å². The average molecular weight is 119 g/mol. The molecule has 1 nitrogen and oxygen atoms in total. The Labute approximate surface area is 56.5 Å². The minimum atomic E-state index is 1.10. The lowest BCUT2D eigenvalue weighted by Gasteiger charge is -1.96. The summed E-state index contributed by atoms with van der Waals surface area (Å²) in [6, 6.07) is 4.15. The fraction of sp³-hybridized carbons (Fsp3) is 0.286. The van der Waals surface area contributed by atoms with Crippen molar-refractivity contribution in [2.75, 3.05) is 0 Å². The Morgan fingerprint density at radius 2 is 1.67 bits per heavy atom. The van der Waals surface area contributed by atoms with Gasteiger partial charge in [0.2, 0.25) is 0 Å². The summed E-state index contributed by atoms with van der Waals surface area (Å²) in [4.78, 5) is 4.23. The fourth-order valence-electron chi connectivity index (χ4n) is 1.04. The molecule has 0 saturated heterocycles. The largest absolute Gasteiger partial charge is 0.259 e. The number of hydrogen-bond donors (Lipinski definition) is 0. The van der Waals surface area contributed by atoms with Crippen LogP contribution >= 0.6 is 0 Å². The molecule has 1 rings (SSSR count). The molecule has 0 aromatic carbocycles. The zero-order valence-corrected chi connectivity index (χ0v) is 6.10. The summed E-state index contributed by atoms with van der Waals surface area (Å²) in [5.41, 5.74) is 3.50. The van der Waals surface area contributed by atoms with Crippen LogP contribution in [0.3, 0.4) is 0 Å². The lowest BCUT2D eigenvalue weighted by atomic mass is 9.96. The zero-order chi connectivity index (χ0) is 6.85. The minimum Gasteiger partial charge on any atom is -0.259 e. The number of pyridine rings is 1. The van der Waals surface area contributed by atoms with E-state index in [1.165, 1.54) is 5.46 Å². The van der Waals surface area contributed by atoms with Gasteiger partial charge < -0.3 is 0 Å². The zero-order valence-electron chi connectivity index (χ0n) is 6.10. The van der Waals surface area contributed by atoms with Gasteiger partial charge in [-0.2, -0.15) is 0 Å². The van der Waals surface area contributed by atoms with Gasteiger partial charge in [0.15, 0.2) is 0 Å². The molecular weight excluding hydrogens is 109 g/mol. The molecule has 0 atom stereocenters.